The number of halogens is 1. The fourth-order valence-corrected chi connectivity index (χ4v) is 3.63. The topological polar surface area (TPSA) is 82.2 Å². The van der Waals surface area contributed by atoms with Crippen molar-refractivity contribution in [3.63, 3.8) is 0 Å². The molecule has 0 atom stereocenters. The van der Waals surface area contributed by atoms with Crippen molar-refractivity contribution >= 4 is 35.0 Å². The fourth-order valence-electron chi connectivity index (χ4n) is 2.75. The van der Waals surface area contributed by atoms with Gasteiger partial charge in [-0.1, -0.05) is 23.4 Å². The summed E-state index contributed by atoms with van der Waals surface area (Å²) >= 11 is 7.30. The quantitative estimate of drug-likeness (QED) is 0.411. The molecule has 0 radical (unpaired) electrons. The van der Waals surface area contributed by atoms with Gasteiger partial charge in [0.1, 0.15) is 5.75 Å². The fraction of sp³-hybridized carbons (Fsp3) is 0.0952. The van der Waals surface area contributed by atoms with Gasteiger partial charge < -0.3 is 14.5 Å². The summed E-state index contributed by atoms with van der Waals surface area (Å²) in [4.78, 5) is 12.4. The third-order valence-electron chi connectivity index (χ3n) is 4.17. The summed E-state index contributed by atoms with van der Waals surface area (Å²) in [5, 5.41) is 12.6. The zero-order valence-corrected chi connectivity index (χ0v) is 17.5. The summed E-state index contributed by atoms with van der Waals surface area (Å²) in [7, 11) is 1.60. The molecule has 152 valence electrons. The molecule has 4 rings (SSSR count). The minimum absolute atomic E-state index is 0.157. The van der Waals surface area contributed by atoms with Gasteiger partial charge in [-0.3, -0.25) is 9.36 Å². The smallest absolute Gasteiger partial charge is 0.234 e. The van der Waals surface area contributed by atoms with E-state index in [0.717, 1.165) is 11.4 Å². The molecule has 30 heavy (non-hydrogen) atoms. The number of carbonyl (C=O) groups is 1. The van der Waals surface area contributed by atoms with Crippen molar-refractivity contribution in [1.82, 2.24) is 14.8 Å². The number of furan rings is 1. The first kappa shape index (κ1) is 20.1. The van der Waals surface area contributed by atoms with E-state index in [2.05, 4.69) is 15.5 Å². The van der Waals surface area contributed by atoms with E-state index in [-0.39, 0.29) is 11.7 Å². The molecular formula is C21H17ClN4O3S. The van der Waals surface area contributed by atoms with Crippen LogP contribution in [0.25, 0.3) is 17.3 Å². The molecule has 0 aliphatic heterocycles. The molecule has 0 spiro atoms. The summed E-state index contributed by atoms with van der Waals surface area (Å²) in [5.74, 6) is 1.85. The van der Waals surface area contributed by atoms with E-state index in [4.69, 9.17) is 20.8 Å². The zero-order valence-electron chi connectivity index (χ0n) is 15.9. The lowest BCUT2D eigenvalue weighted by molar-refractivity contribution is -0.113. The van der Waals surface area contributed by atoms with Crippen molar-refractivity contribution in [2.75, 3.05) is 18.2 Å². The summed E-state index contributed by atoms with van der Waals surface area (Å²) in [6.07, 6.45) is 1.57. The van der Waals surface area contributed by atoms with Crippen LogP contribution in [0.5, 0.6) is 5.75 Å². The summed E-state index contributed by atoms with van der Waals surface area (Å²) < 4.78 is 12.5. The average Bonchev–Trinajstić information content (AvgIpc) is 3.43. The van der Waals surface area contributed by atoms with Gasteiger partial charge in [-0.15, -0.1) is 10.2 Å². The van der Waals surface area contributed by atoms with E-state index in [1.807, 2.05) is 16.7 Å². The van der Waals surface area contributed by atoms with Crippen LogP contribution in [0, 0.1) is 0 Å². The highest BCUT2D eigenvalue weighted by atomic mass is 35.5. The Kier molecular flexibility index (Phi) is 6.06. The number of aromatic nitrogens is 3. The number of amides is 1. The molecule has 2 aromatic carbocycles. The highest BCUT2D eigenvalue weighted by Crippen LogP contribution is 2.29. The lowest BCUT2D eigenvalue weighted by Gasteiger charge is -2.10. The number of hydrogen-bond donors (Lipinski definition) is 1. The monoisotopic (exact) mass is 440 g/mol. The lowest BCUT2D eigenvalue weighted by atomic mass is 10.3. The molecule has 9 heteroatoms. The van der Waals surface area contributed by atoms with Gasteiger partial charge in [-0.2, -0.15) is 0 Å². The number of nitrogens with zero attached hydrogens (tertiary/aromatic N) is 3. The molecule has 4 aromatic rings. The first-order chi connectivity index (χ1) is 14.6. The van der Waals surface area contributed by atoms with Gasteiger partial charge in [0.25, 0.3) is 0 Å². The van der Waals surface area contributed by atoms with Crippen molar-refractivity contribution < 1.29 is 13.9 Å². The summed E-state index contributed by atoms with van der Waals surface area (Å²) in [6.45, 7) is 0. The molecule has 0 aliphatic rings. The van der Waals surface area contributed by atoms with Crippen LogP contribution in [-0.2, 0) is 4.79 Å². The Morgan fingerprint density at radius 1 is 1.13 bits per heavy atom. The number of nitrogens with one attached hydrogen (secondary N) is 1. The summed E-state index contributed by atoms with van der Waals surface area (Å²) in [6, 6.07) is 18.0. The molecular weight excluding hydrogens is 424 g/mol. The maximum atomic E-state index is 12.4. The molecule has 7 nitrogen and oxygen atoms in total. The third-order valence-corrected chi connectivity index (χ3v) is 5.35. The molecule has 0 saturated heterocycles. The minimum atomic E-state index is -0.157. The highest BCUT2D eigenvalue weighted by Gasteiger charge is 2.19. The second-order valence-electron chi connectivity index (χ2n) is 6.16. The number of carbonyl (C=O) groups excluding carboxylic acids is 1. The van der Waals surface area contributed by atoms with Gasteiger partial charge in [0.05, 0.1) is 19.1 Å². The largest absolute Gasteiger partial charge is 0.497 e. The van der Waals surface area contributed by atoms with E-state index < -0.39 is 0 Å². The van der Waals surface area contributed by atoms with E-state index >= 15 is 0 Å². The number of ether oxygens (including phenoxy) is 1. The van der Waals surface area contributed by atoms with Crippen molar-refractivity contribution in [3.8, 4) is 23.0 Å². The Balaban J connectivity index is 1.53. The first-order valence-corrected chi connectivity index (χ1v) is 10.3. The van der Waals surface area contributed by atoms with E-state index in [1.54, 1.807) is 61.9 Å². The maximum Gasteiger partial charge on any atom is 0.234 e. The standard InChI is InChI=1S/C21H17ClN4O3S/c1-28-17-10-6-15(7-11-17)23-19(27)13-30-21-25-24-20(18-3-2-12-29-18)26(21)16-8-4-14(22)5-9-16/h2-12H,13H2,1H3,(H,23,27). The number of benzene rings is 2. The van der Waals surface area contributed by atoms with Gasteiger partial charge in [0, 0.05) is 16.4 Å². The second kappa shape index (κ2) is 9.06. The van der Waals surface area contributed by atoms with Crippen LogP contribution in [0.2, 0.25) is 5.02 Å². The van der Waals surface area contributed by atoms with Crippen molar-refractivity contribution in [2.45, 2.75) is 5.16 Å². The van der Waals surface area contributed by atoms with Crippen molar-refractivity contribution in [2.24, 2.45) is 0 Å². The average molecular weight is 441 g/mol. The normalized spacial score (nSPS) is 10.7. The number of methoxy groups -OCH3 is 1. The molecule has 1 N–H and O–H groups in total. The molecule has 0 fully saturated rings. The van der Waals surface area contributed by atoms with Crippen molar-refractivity contribution in [1.29, 1.82) is 0 Å². The first-order valence-electron chi connectivity index (χ1n) is 8.96. The van der Waals surface area contributed by atoms with Gasteiger partial charge in [0.2, 0.25) is 11.7 Å². The predicted octanol–water partition coefficient (Wildman–Crippen LogP) is 4.92. The molecule has 1 amide bonds. The number of thioether (sulfide) groups is 1. The van der Waals surface area contributed by atoms with Crippen LogP contribution in [0.4, 0.5) is 5.69 Å². The predicted molar refractivity (Wildman–Crippen MR) is 116 cm³/mol. The Hall–Kier alpha value is -3.23. The minimum Gasteiger partial charge on any atom is -0.497 e. The van der Waals surface area contributed by atoms with Gasteiger partial charge >= 0.3 is 0 Å². The Bertz CT molecular complexity index is 1130. The molecule has 0 saturated carbocycles. The second-order valence-corrected chi connectivity index (χ2v) is 7.54. The zero-order chi connectivity index (χ0) is 20.9. The molecule has 0 aliphatic carbocycles. The van der Waals surface area contributed by atoms with Gasteiger partial charge in [-0.05, 0) is 60.7 Å². The number of rotatable bonds is 7. The van der Waals surface area contributed by atoms with E-state index in [0.29, 0.717) is 27.5 Å². The maximum absolute atomic E-state index is 12.4. The van der Waals surface area contributed by atoms with Crippen LogP contribution in [0.3, 0.4) is 0 Å². The lowest BCUT2D eigenvalue weighted by Crippen LogP contribution is -2.14. The molecule has 0 unspecified atom stereocenters. The number of hydrogen-bond acceptors (Lipinski definition) is 6. The SMILES string of the molecule is COc1ccc(NC(=O)CSc2nnc(-c3ccco3)n2-c2ccc(Cl)cc2)cc1. The van der Waals surface area contributed by atoms with Crippen LogP contribution in [-0.4, -0.2) is 33.5 Å². The van der Waals surface area contributed by atoms with E-state index in [1.165, 1.54) is 11.8 Å². The summed E-state index contributed by atoms with van der Waals surface area (Å²) in [5.41, 5.74) is 1.51. The molecule has 2 aromatic heterocycles. The van der Waals surface area contributed by atoms with Crippen molar-refractivity contribution in [3.05, 3.63) is 71.9 Å². The van der Waals surface area contributed by atoms with Crippen LogP contribution in [0.1, 0.15) is 0 Å². The van der Waals surface area contributed by atoms with Gasteiger partial charge in [0.15, 0.2) is 10.9 Å². The van der Waals surface area contributed by atoms with Gasteiger partial charge in [-0.25, -0.2) is 0 Å². The Morgan fingerprint density at radius 2 is 1.90 bits per heavy atom. The van der Waals surface area contributed by atoms with Crippen LogP contribution < -0.4 is 10.1 Å². The van der Waals surface area contributed by atoms with Crippen LogP contribution >= 0.6 is 23.4 Å². The number of anilines is 1. The third kappa shape index (κ3) is 4.50. The Labute approximate surface area is 182 Å². The Morgan fingerprint density at radius 3 is 2.57 bits per heavy atom. The molecule has 2 heterocycles. The van der Waals surface area contributed by atoms with Crippen LogP contribution in [0.15, 0.2) is 76.5 Å². The van der Waals surface area contributed by atoms with E-state index in [9.17, 15) is 4.79 Å². The molecule has 0 bridgehead atoms. The highest BCUT2D eigenvalue weighted by molar-refractivity contribution is 7.99.